The van der Waals surface area contributed by atoms with Crippen LogP contribution >= 0.6 is 0 Å². The van der Waals surface area contributed by atoms with Gasteiger partial charge in [0.1, 0.15) is 0 Å². The fourth-order valence-corrected chi connectivity index (χ4v) is 3.13. The van der Waals surface area contributed by atoms with Gasteiger partial charge in [-0.15, -0.1) is 0 Å². The zero-order chi connectivity index (χ0) is 14.5. The van der Waals surface area contributed by atoms with E-state index in [0.29, 0.717) is 6.04 Å². The Morgan fingerprint density at radius 3 is 2.55 bits per heavy atom. The molecule has 0 atom stereocenters. The predicted molar refractivity (Wildman–Crippen MR) is 84.3 cm³/mol. The van der Waals surface area contributed by atoms with Crippen molar-refractivity contribution in [3.8, 4) is 0 Å². The fraction of sp³-hybridized carbons (Fsp3) is 0.588. The lowest BCUT2D eigenvalue weighted by atomic mass is 10.1. The average Bonchev–Trinajstić information content (AvgIpc) is 2.96. The Morgan fingerprint density at radius 2 is 2.00 bits per heavy atom. The van der Waals surface area contributed by atoms with Crippen molar-refractivity contribution in [2.24, 2.45) is 0 Å². The van der Waals surface area contributed by atoms with Gasteiger partial charge in [-0.25, -0.2) is 0 Å². The van der Waals surface area contributed by atoms with Gasteiger partial charge in [-0.1, -0.05) is 12.8 Å². The number of carbonyl (C=O) groups excluding carboxylic acids is 1. The van der Waals surface area contributed by atoms with Crippen LogP contribution < -0.4 is 5.32 Å². The third kappa shape index (κ3) is 3.14. The maximum Gasteiger partial charge on any atom is 0.254 e. The van der Waals surface area contributed by atoms with E-state index >= 15 is 0 Å². The minimum atomic E-state index is 0.186. The Kier molecular flexibility index (Phi) is 5.05. The number of hydrogen-bond donors (Lipinski definition) is 1. The second kappa shape index (κ2) is 6.78. The second-order valence-electron chi connectivity index (χ2n) is 5.59. The van der Waals surface area contributed by atoms with Crippen molar-refractivity contribution in [1.82, 2.24) is 4.90 Å². The third-order valence-corrected chi connectivity index (χ3v) is 4.21. The standard InChI is InChI=1S/C17H26N2O/c1-4-18-16-11-10-14(12-13(16)3)17(20)19(5-2)15-8-6-7-9-15/h10-12,15,18H,4-9H2,1-3H3. The van der Waals surface area contributed by atoms with Gasteiger partial charge >= 0.3 is 0 Å². The number of rotatable bonds is 5. The van der Waals surface area contributed by atoms with Gasteiger partial charge in [-0.2, -0.15) is 0 Å². The van der Waals surface area contributed by atoms with Crippen LogP contribution in [0.15, 0.2) is 18.2 Å². The number of benzene rings is 1. The lowest BCUT2D eigenvalue weighted by Crippen LogP contribution is -2.38. The number of nitrogens with one attached hydrogen (secondary N) is 1. The Balaban J connectivity index is 2.16. The quantitative estimate of drug-likeness (QED) is 0.885. The Morgan fingerprint density at radius 1 is 1.30 bits per heavy atom. The van der Waals surface area contributed by atoms with Crippen LogP contribution in [0.1, 0.15) is 55.5 Å². The van der Waals surface area contributed by atoms with Crippen molar-refractivity contribution in [2.45, 2.75) is 52.5 Å². The van der Waals surface area contributed by atoms with E-state index in [1.165, 1.54) is 12.8 Å². The fourth-order valence-electron chi connectivity index (χ4n) is 3.13. The van der Waals surface area contributed by atoms with E-state index in [0.717, 1.165) is 42.7 Å². The molecule has 3 heteroatoms. The van der Waals surface area contributed by atoms with E-state index in [1.54, 1.807) is 0 Å². The molecule has 1 fully saturated rings. The number of carbonyl (C=O) groups is 1. The normalized spacial score (nSPS) is 15.3. The van der Waals surface area contributed by atoms with Gasteiger partial charge in [-0.3, -0.25) is 4.79 Å². The molecular weight excluding hydrogens is 248 g/mol. The third-order valence-electron chi connectivity index (χ3n) is 4.21. The summed E-state index contributed by atoms with van der Waals surface area (Å²) in [6.07, 6.45) is 4.84. The smallest absolute Gasteiger partial charge is 0.254 e. The summed E-state index contributed by atoms with van der Waals surface area (Å²) in [4.78, 5) is 14.7. The first-order chi connectivity index (χ1) is 9.67. The van der Waals surface area contributed by atoms with Crippen molar-refractivity contribution in [3.05, 3.63) is 29.3 Å². The molecule has 0 aliphatic heterocycles. The summed E-state index contributed by atoms with van der Waals surface area (Å²) in [5, 5.41) is 3.32. The molecule has 0 unspecified atom stereocenters. The van der Waals surface area contributed by atoms with Crippen LogP contribution in [0.2, 0.25) is 0 Å². The molecule has 20 heavy (non-hydrogen) atoms. The van der Waals surface area contributed by atoms with Gasteiger partial charge in [-0.05, 0) is 57.4 Å². The molecule has 1 N–H and O–H groups in total. The molecule has 0 radical (unpaired) electrons. The summed E-state index contributed by atoms with van der Waals surface area (Å²) < 4.78 is 0. The number of aryl methyl sites for hydroxylation is 1. The monoisotopic (exact) mass is 274 g/mol. The van der Waals surface area contributed by atoms with E-state index in [-0.39, 0.29) is 5.91 Å². The summed E-state index contributed by atoms with van der Waals surface area (Å²) in [5.74, 6) is 0.186. The number of amides is 1. The molecule has 0 saturated heterocycles. The molecule has 1 aliphatic rings. The molecule has 0 heterocycles. The maximum atomic E-state index is 12.7. The average molecular weight is 274 g/mol. The van der Waals surface area contributed by atoms with E-state index < -0.39 is 0 Å². The Bertz CT molecular complexity index is 464. The molecular formula is C17H26N2O. The lowest BCUT2D eigenvalue weighted by Gasteiger charge is -2.28. The molecule has 0 bridgehead atoms. The largest absolute Gasteiger partial charge is 0.385 e. The molecule has 1 saturated carbocycles. The first kappa shape index (κ1) is 14.9. The predicted octanol–water partition coefficient (Wildman–Crippen LogP) is 3.83. The van der Waals surface area contributed by atoms with E-state index in [1.807, 2.05) is 18.2 Å². The van der Waals surface area contributed by atoms with Crippen LogP contribution in [0.25, 0.3) is 0 Å². The number of hydrogen-bond acceptors (Lipinski definition) is 2. The SMILES string of the molecule is CCNc1ccc(C(=O)N(CC)C2CCCC2)cc1C. The zero-order valence-corrected chi connectivity index (χ0v) is 12.9. The molecule has 1 aliphatic carbocycles. The van der Waals surface area contributed by atoms with Gasteiger partial charge < -0.3 is 10.2 Å². The molecule has 1 aromatic carbocycles. The van der Waals surface area contributed by atoms with E-state index in [9.17, 15) is 4.79 Å². The van der Waals surface area contributed by atoms with Gasteiger partial charge in [0, 0.05) is 30.4 Å². The summed E-state index contributed by atoms with van der Waals surface area (Å²) in [7, 11) is 0. The highest BCUT2D eigenvalue weighted by molar-refractivity contribution is 5.95. The van der Waals surface area contributed by atoms with Crippen LogP contribution in [0.3, 0.4) is 0 Å². The van der Waals surface area contributed by atoms with Gasteiger partial charge in [0.05, 0.1) is 0 Å². The van der Waals surface area contributed by atoms with Crippen molar-refractivity contribution in [2.75, 3.05) is 18.4 Å². The Hall–Kier alpha value is -1.51. The summed E-state index contributed by atoms with van der Waals surface area (Å²) >= 11 is 0. The van der Waals surface area contributed by atoms with E-state index in [2.05, 4.69) is 31.0 Å². The maximum absolute atomic E-state index is 12.7. The highest BCUT2D eigenvalue weighted by Crippen LogP contribution is 2.25. The van der Waals surface area contributed by atoms with Crippen molar-refractivity contribution < 1.29 is 4.79 Å². The minimum Gasteiger partial charge on any atom is -0.385 e. The lowest BCUT2D eigenvalue weighted by molar-refractivity contribution is 0.0693. The molecule has 0 aromatic heterocycles. The van der Waals surface area contributed by atoms with Crippen LogP contribution in [-0.2, 0) is 0 Å². The van der Waals surface area contributed by atoms with Crippen LogP contribution in [0, 0.1) is 6.92 Å². The number of anilines is 1. The highest BCUT2D eigenvalue weighted by Gasteiger charge is 2.26. The first-order valence-electron chi connectivity index (χ1n) is 7.82. The molecule has 1 amide bonds. The minimum absolute atomic E-state index is 0.186. The highest BCUT2D eigenvalue weighted by atomic mass is 16.2. The molecule has 3 nitrogen and oxygen atoms in total. The second-order valence-corrected chi connectivity index (χ2v) is 5.59. The van der Waals surface area contributed by atoms with Crippen molar-refractivity contribution in [3.63, 3.8) is 0 Å². The topological polar surface area (TPSA) is 32.3 Å². The van der Waals surface area contributed by atoms with Crippen LogP contribution in [-0.4, -0.2) is 29.9 Å². The Labute approximate surface area is 122 Å². The van der Waals surface area contributed by atoms with Crippen LogP contribution in [0.4, 0.5) is 5.69 Å². The van der Waals surface area contributed by atoms with Gasteiger partial charge in [0.25, 0.3) is 5.91 Å². The molecule has 0 spiro atoms. The summed E-state index contributed by atoms with van der Waals surface area (Å²) in [6, 6.07) is 6.43. The zero-order valence-electron chi connectivity index (χ0n) is 12.9. The summed E-state index contributed by atoms with van der Waals surface area (Å²) in [6.45, 7) is 7.92. The molecule has 110 valence electrons. The van der Waals surface area contributed by atoms with Crippen molar-refractivity contribution in [1.29, 1.82) is 0 Å². The summed E-state index contributed by atoms with van der Waals surface area (Å²) in [5.41, 5.74) is 3.08. The molecule has 1 aromatic rings. The van der Waals surface area contributed by atoms with E-state index in [4.69, 9.17) is 0 Å². The molecule has 2 rings (SSSR count). The van der Waals surface area contributed by atoms with Crippen molar-refractivity contribution >= 4 is 11.6 Å². The first-order valence-corrected chi connectivity index (χ1v) is 7.82. The van der Waals surface area contributed by atoms with Gasteiger partial charge in [0.15, 0.2) is 0 Å². The van der Waals surface area contributed by atoms with Crippen LogP contribution in [0.5, 0.6) is 0 Å². The van der Waals surface area contributed by atoms with Gasteiger partial charge in [0.2, 0.25) is 0 Å². The number of nitrogens with zero attached hydrogens (tertiary/aromatic N) is 1.